The number of allylic oxidation sites excluding steroid dienone is 1. The molecule has 5 nitrogen and oxygen atoms in total. The molecule has 0 aliphatic rings. The van der Waals surface area contributed by atoms with E-state index in [1.807, 2.05) is 30.3 Å². The first kappa shape index (κ1) is 17.8. The van der Waals surface area contributed by atoms with Crippen molar-refractivity contribution in [3.63, 3.8) is 0 Å². The van der Waals surface area contributed by atoms with Crippen molar-refractivity contribution in [2.45, 2.75) is 0 Å². The third kappa shape index (κ3) is 5.26. The zero-order chi connectivity index (χ0) is 18.1. The number of carbonyl (C=O) groups excluding carboxylic acids is 1. The highest BCUT2D eigenvalue weighted by atomic mass is 16.6. The number of esters is 1. The van der Waals surface area contributed by atoms with Gasteiger partial charge in [-0.3, -0.25) is 0 Å². The SMILES string of the molecule is COc1ccc(/C=C/C(=O)Oc2ccc(/C=C\C#N)cc2OC)cc1. The number of methoxy groups -OCH3 is 2. The van der Waals surface area contributed by atoms with E-state index < -0.39 is 5.97 Å². The number of nitriles is 1. The fraction of sp³-hybridized carbons (Fsp3) is 0.100. The average Bonchev–Trinajstić information content (AvgIpc) is 2.65. The lowest BCUT2D eigenvalue weighted by molar-refractivity contribution is -0.129. The summed E-state index contributed by atoms with van der Waals surface area (Å²) in [4.78, 5) is 12.0. The molecule has 5 heteroatoms. The second kappa shape index (κ2) is 8.94. The number of hydrogen-bond donors (Lipinski definition) is 0. The molecule has 25 heavy (non-hydrogen) atoms. The van der Waals surface area contributed by atoms with Crippen LogP contribution in [-0.2, 0) is 4.79 Å². The van der Waals surface area contributed by atoms with Crippen molar-refractivity contribution in [1.29, 1.82) is 5.26 Å². The molecular formula is C20H17NO4. The molecule has 0 aromatic heterocycles. The summed E-state index contributed by atoms with van der Waals surface area (Å²) >= 11 is 0. The van der Waals surface area contributed by atoms with E-state index in [0.29, 0.717) is 11.5 Å². The summed E-state index contributed by atoms with van der Waals surface area (Å²) < 4.78 is 15.6. The van der Waals surface area contributed by atoms with Crippen LogP contribution in [0, 0.1) is 11.3 Å². The Morgan fingerprint density at radius 3 is 2.32 bits per heavy atom. The number of carbonyl (C=O) groups is 1. The van der Waals surface area contributed by atoms with Gasteiger partial charge in [-0.15, -0.1) is 0 Å². The Morgan fingerprint density at radius 1 is 0.960 bits per heavy atom. The molecule has 2 aromatic carbocycles. The minimum absolute atomic E-state index is 0.306. The molecule has 126 valence electrons. The van der Waals surface area contributed by atoms with Crippen molar-refractivity contribution in [2.75, 3.05) is 14.2 Å². The standard InChI is InChI=1S/C20H17NO4/c1-23-17-9-5-15(6-10-17)8-12-20(22)25-18-11-7-16(4-3-13-21)14-19(18)24-2/h3-12,14H,1-2H3/b4-3-,12-8+. The maximum atomic E-state index is 12.0. The molecular weight excluding hydrogens is 318 g/mol. The van der Waals surface area contributed by atoms with Crippen molar-refractivity contribution in [1.82, 2.24) is 0 Å². The fourth-order valence-electron chi connectivity index (χ4n) is 2.03. The van der Waals surface area contributed by atoms with E-state index >= 15 is 0 Å². The van der Waals surface area contributed by atoms with Crippen LogP contribution in [0.15, 0.2) is 54.6 Å². The maximum absolute atomic E-state index is 12.0. The number of nitrogens with zero attached hydrogens (tertiary/aromatic N) is 1. The van der Waals surface area contributed by atoms with Crippen LogP contribution in [0.3, 0.4) is 0 Å². The summed E-state index contributed by atoms with van der Waals surface area (Å²) in [7, 11) is 3.08. The van der Waals surface area contributed by atoms with E-state index in [2.05, 4.69) is 0 Å². The molecule has 0 atom stereocenters. The molecule has 0 saturated heterocycles. The Bertz CT molecular complexity index is 830. The maximum Gasteiger partial charge on any atom is 0.336 e. The van der Waals surface area contributed by atoms with Crippen LogP contribution in [0.2, 0.25) is 0 Å². The van der Waals surface area contributed by atoms with Gasteiger partial charge in [0.05, 0.1) is 20.3 Å². The fourth-order valence-corrected chi connectivity index (χ4v) is 2.03. The molecule has 0 bridgehead atoms. The van der Waals surface area contributed by atoms with Crippen molar-refractivity contribution >= 4 is 18.1 Å². The first-order valence-corrected chi connectivity index (χ1v) is 7.44. The van der Waals surface area contributed by atoms with Gasteiger partial charge in [0.25, 0.3) is 0 Å². The van der Waals surface area contributed by atoms with E-state index in [0.717, 1.165) is 16.9 Å². The molecule has 0 fully saturated rings. The molecule has 0 amide bonds. The minimum Gasteiger partial charge on any atom is -0.497 e. The summed E-state index contributed by atoms with van der Waals surface area (Å²) in [6.07, 6.45) is 5.98. The highest BCUT2D eigenvalue weighted by Gasteiger charge is 2.08. The Labute approximate surface area is 146 Å². The van der Waals surface area contributed by atoms with Gasteiger partial charge in [0.2, 0.25) is 0 Å². The van der Waals surface area contributed by atoms with Gasteiger partial charge >= 0.3 is 5.97 Å². The predicted octanol–water partition coefficient (Wildman–Crippen LogP) is 3.86. The number of hydrogen-bond acceptors (Lipinski definition) is 5. The largest absolute Gasteiger partial charge is 0.497 e. The summed E-state index contributed by atoms with van der Waals surface area (Å²) in [5, 5.41) is 8.56. The Balaban J connectivity index is 2.07. The Kier molecular flexibility index (Phi) is 6.38. The van der Waals surface area contributed by atoms with Crippen molar-refractivity contribution in [2.24, 2.45) is 0 Å². The zero-order valence-corrected chi connectivity index (χ0v) is 13.9. The third-order valence-electron chi connectivity index (χ3n) is 3.28. The lowest BCUT2D eigenvalue weighted by atomic mass is 10.2. The molecule has 0 heterocycles. The number of benzene rings is 2. The van der Waals surface area contributed by atoms with Gasteiger partial charge in [0, 0.05) is 12.2 Å². The third-order valence-corrected chi connectivity index (χ3v) is 3.28. The van der Waals surface area contributed by atoms with E-state index in [1.54, 1.807) is 37.5 Å². The predicted molar refractivity (Wildman–Crippen MR) is 95.3 cm³/mol. The van der Waals surface area contributed by atoms with Crippen LogP contribution in [0.5, 0.6) is 17.2 Å². The monoisotopic (exact) mass is 335 g/mol. The van der Waals surface area contributed by atoms with E-state index in [9.17, 15) is 4.79 Å². The van der Waals surface area contributed by atoms with E-state index in [-0.39, 0.29) is 0 Å². The highest BCUT2D eigenvalue weighted by Crippen LogP contribution is 2.28. The molecule has 0 aliphatic carbocycles. The topological polar surface area (TPSA) is 68.5 Å². The molecule has 0 N–H and O–H groups in total. The normalized spacial score (nSPS) is 10.6. The van der Waals surface area contributed by atoms with Crippen molar-refractivity contribution in [3.8, 4) is 23.3 Å². The van der Waals surface area contributed by atoms with Crippen LogP contribution in [-0.4, -0.2) is 20.2 Å². The van der Waals surface area contributed by atoms with E-state index in [1.165, 1.54) is 19.3 Å². The Hall–Kier alpha value is -3.52. The first-order valence-electron chi connectivity index (χ1n) is 7.44. The van der Waals surface area contributed by atoms with Crippen LogP contribution in [0.4, 0.5) is 0 Å². The van der Waals surface area contributed by atoms with Crippen LogP contribution >= 0.6 is 0 Å². The number of rotatable bonds is 6. The second-order valence-electron chi connectivity index (χ2n) is 4.90. The lowest BCUT2D eigenvalue weighted by Gasteiger charge is -2.08. The summed E-state index contributed by atoms with van der Waals surface area (Å²) in [5.41, 5.74) is 1.62. The number of ether oxygens (including phenoxy) is 3. The molecule has 0 unspecified atom stereocenters. The second-order valence-corrected chi connectivity index (χ2v) is 4.90. The summed E-state index contributed by atoms with van der Waals surface area (Å²) in [5.74, 6) is 0.941. The van der Waals surface area contributed by atoms with Gasteiger partial charge in [0.15, 0.2) is 11.5 Å². The summed E-state index contributed by atoms with van der Waals surface area (Å²) in [6.45, 7) is 0. The van der Waals surface area contributed by atoms with E-state index in [4.69, 9.17) is 19.5 Å². The average molecular weight is 335 g/mol. The molecule has 0 spiro atoms. The van der Waals surface area contributed by atoms with Gasteiger partial charge in [0.1, 0.15) is 5.75 Å². The molecule has 0 saturated carbocycles. The molecule has 0 radical (unpaired) electrons. The lowest BCUT2D eigenvalue weighted by Crippen LogP contribution is -2.05. The molecule has 2 rings (SSSR count). The zero-order valence-electron chi connectivity index (χ0n) is 13.9. The minimum atomic E-state index is -0.519. The van der Waals surface area contributed by atoms with Crippen molar-refractivity contribution in [3.05, 3.63) is 65.7 Å². The smallest absolute Gasteiger partial charge is 0.336 e. The Morgan fingerprint density at radius 2 is 1.68 bits per heavy atom. The first-order chi connectivity index (χ1) is 12.2. The van der Waals surface area contributed by atoms with Gasteiger partial charge in [-0.05, 0) is 47.5 Å². The molecule has 2 aromatic rings. The van der Waals surface area contributed by atoms with Crippen LogP contribution < -0.4 is 14.2 Å². The van der Waals surface area contributed by atoms with Gasteiger partial charge < -0.3 is 14.2 Å². The molecule has 0 aliphatic heterocycles. The van der Waals surface area contributed by atoms with Crippen molar-refractivity contribution < 1.29 is 19.0 Å². The van der Waals surface area contributed by atoms with Crippen LogP contribution in [0.1, 0.15) is 11.1 Å². The van der Waals surface area contributed by atoms with Crippen LogP contribution in [0.25, 0.3) is 12.2 Å². The van der Waals surface area contributed by atoms with Gasteiger partial charge in [-0.25, -0.2) is 4.79 Å². The summed E-state index contributed by atoms with van der Waals surface area (Å²) in [6, 6.07) is 14.2. The quantitative estimate of drug-likeness (QED) is 0.347. The van der Waals surface area contributed by atoms with Gasteiger partial charge in [-0.1, -0.05) is 18.2 Å². The highest BCUT2D eigenvalue weighted by molar-refractivity contribution is 5.89. The van der Waals surface area contributed by atoms with Gasteiger partial charge in [-0.2, -0.15) is 5.26 Å².